The number of hydrogen-bond donors (Lipinski definition) is 2. The molecule has 2 N–H and O–H groups in total. The molecule has 0 amide bonds. The van der Waals surface area contributed by atoms with Gasteiger partial charge in [0.25, 0.3) is 0 Å². The van der Waals surface area contributed by atoms with Crippen LogP contribution in [0.1, 0.15) is 51.8 Å². The Morgan fingerprint density at radius 1 is 1.44 bits per heavy atom. The standard InChI is InChI=1S/C14H27N3O/c1-12(2)13-16-8-10-17(13)9-6-5-7-14(3,11-18)15-4/h8,10,12,15,18H,5-7,9,11H2,1-4H3. The molecular formula is C14H27N3O. The third-order valence-corrected chi connectivity index (χ3v) is 3.59. The maximum Gasteiger partial charge on any atom is 0.111 e. The molecule has 0 aliphatic rings. The fraction of sp³-hybridized carbons (Fsp3) is 0.786. The van der Waals surface area contributed by atoms with Crippen molar-refractivity contribution in [3.63, 3.8) is 0 Å². The van der Waals surface area contributed by atoms with Gasteiger partial charge in [-0.2, -0.15) is 0 Å². The zero-order chi connectivity index (χ0) is 13.6. The molecule has 1 rings (SSSR count). The van der Waals surface area contributed by atoms with Crippen LogP contribution in [0.5, 0.6) is 0 Å². The summed E-state index contributed by atoms with van der Waals surface area (Å²) in [5.41, 5.74) is -0.143. The average molecular weight is 253 g/mol. The number of likely N-dealkylation sites (N-methyl/N-ethyl adjacent to an activating group) is 1. The van der Waals surface area contributed by atoms with E-state index in [2.05, 4.69) is 41.8 Å². The van der Waals surface area contributed by atoms with E-state index in [1.165, 1.54) is 0 Å². The van der Waals surface area contributed by atoms with Gasteiger partial charge in [-0.15, -0.1) is 0 Å². The molecule has 4 nitrogen and oxygen atoms in total. The lowest BCUT2D eigenvalue weighted by Gasteiger charge is -2.26. The lowest BCUT2D eigenvalue weighted by atomic mass is 9.96. The van der Waals surface area contributed by atoms with Gasteiger partial charge >= 0.3 is 0 Å². The SMILES string of the molecule is CNC(C)(CO)CCCCn1ccnc1C(C)C. The van der Waals surface area contributed by atoms with Gasteiger partial charge in [0.2, 0.25) is 0 Å². The predicted molar refractivity (Wildman–Crippen MR) is 74.7 cm³/mol. The van der Waals surface area contributed by atoms with Crippen LogP contribution in [0.4, 0.5) is 0 Å². The first kappa shape index (κ1) is 15.2. The van der Waals surface area contributed by atoms with Crippen molar-refractivity contribution >= 4 is 0 Å². The molecule has 104 valence electrons. The number of hydrogen-bond acceptors (Lipinski definition) is 3. The van der Waals surface area contributed by atoms with E-state index >= 15 is 0 Å². The normalized spacial score (nSPS) is 15.0. The largest absolute Gasteiger partial charge is 0.394 e. The van der Waals surface area contributed by atoms with Gasteiger partial charge in [-0.1, -0.05) is 13.8 Å². The lowest BCUT2D eigenvalue weighted by molar-refractivity contribution is 0.170. The van der Waals surface area contributed by atoms with Crippen molar-refractivity contribution in [3.05, 3.63) is 18.2 Å². The highest BCUT2D eigenvalue weighted by Crippen LogP contribution is 2.15. The summed E-state index contributed by atoms with van der Waals surface area (Å²) in [6.45, 7) is 7.60. The highest BCUT2D eigenvalue weighted by Gasteiger charge is 2.19. The number of unbranched alkanes of at least 4 members (excludes halogenated alkanes) is 1. The molecule has 18 heavy (non-hydrogen) atoms. The molecule has 1 aromatic rings. The first-order chi connectivity index (χ1) is 8.52. The van der Waals surface area contributed by atoms with Crippen LogP contribution >= 0.6 is 0 Å². The number of nitrogens with one attached hydrogen (secondary N) is 1. The van der Waals surface area contributed by atoms with Crippen molar-refractivity contribution in [1.82, 2.24) is 14.9 Å². The highest BCUT2D eigenvalue weighted by atomic mass is 16.3. The monoisotopic (exact) mass is 253 g/mol. The molecule has 0 fully saturated rings. The Morgan fingerprint density at radius 2 is 2.17 bits per heavy atom. The van der Waals surface area contributed by atoms with Gasteiger partial charge in [-0.25, -0.2) is 4.98 Å². The highest BCUT2D eigenvalue weighted by molar-refractivity contribution is 4.97. The second kappa shape index (κ2) is 6.90. The van der Waals surface area contributed by atoms with E-state index in [1.807, 2.05) is 13.2 Å². The lowest BCUT2D eigenvalue weighted by Crippen LogP contribution is -2.43. The van der Waals surface area contributed by atoms with Crippen LogP contribution in [-0.2, 0) is 6.54 Å². The molecule has 0 saturated heterocycles. The molecule has 0 saturated carbocycles. The first-order valence-electron chi connectivity index (χ1n) is 6.83. The topological polar surface area (TPSA) is 50.1 Å². The Morgan fingerprint density at radius 3 is 2.72 bits per heavy atom. The third kappa shape index (κ3) is 4.10. The van der Waals surface area contributed by atoms with Crippen molar-refractivity contribution in [2.24, 2.45) is 0 Å². The molecule has 1 heterocycles. The number of aliphatic hydroxyl groups is 1. The zero-order valence-corrected chi connectivity index (χ0v) is 12.1. The number of imidazole rings is 1. The molecule has 1 atom stereocenters. The Balaban J connectivity index is 2.36. The second-order valence-electron chi connectivity index (χ2n) is 5.56. The Hall–Kier alpha value is -0.870. The van der Waals surface area contributed by atoms with E-state index in [0.29, 0.717) is 5.92 Å². The van der Waals surface area contributed by atoms with Gasteiger partial charge < -0.3 is 15.0 Å². The quantitative estimate of drug-likeness (QED) is 0.698. The summed E-state index contributed by atoms with van der Waals surface area (Å²) < 4.78 is 2.24. The average Bonchev–Trinajstić information content (AvgIpc) is 2.83. The Labute approximate surface area is 110 Å². The molecule has 1 aromatic heterocycles. The van der Waals surface area contributed by atoms with Crippen LogP contribution in [0.3, 0.4) is 0 Å². The van der Waals surface area contributed by atoms with E-state index in [4.69, 9.17) is 0 Å². The summed E-state index contributed by atoms with van der Waals surface area (Å²) in [5, 5.41) is 12.5. The van der Waals surface area contributed by atoms with Crippen molar-refractivity contribution in [2.75, 3.05) is 13.7 Å². The maximum absolute atomic E-state index is 9.31. The number of aliphatic hydroxyl groups excluding tert-OH is 1. The molecule has 4 heteroatoms. The summed E-state index contributed by atoms with van der Waals surface area (Å²) in [4.78, 5) is 4.39. The minimum Gasteiger partial charge on any atom is -0.394 e. The van der Waals surface area contributed by atoms with Crippen molar-refractivity contribution < 1.29 is 5.11 Å². The van der Waals surface area contributed by atoms with Crippen molar-refractivity contribution in [1.29, 1.82) is 0 Å². The molecule has 0 aliphatic carbocycles. The van der Waals surface area contributed by atoms with Crippen LogP contribution in [0, 0.1) is 0 Å². The molecule has 1 unspecified atom stereocenters. The van der Waals surface area contributed by atoms with Gasteiger partial charge in [0.05, 0.1) is 6.61 Å². The molecule has 0 aliphatic heterocycles. The number of aromatic nitrogens is 2. The van der Waals surface area contributed by atoms with E-state index < -0.39 is 0 Å². The second-order valence-corrected chi connectivity index (χ2v) is 5.56. The van der Waals surface area contributed by atoms with Gasteiger partial charge in [0.15, 0.2) is 0 Å². The van der Waals surface area contributed by atoms with E-state index in [-0.39, 0.29) is 12.1 Å². The molecule has 0 radical (unpaired) electrons. The summed E-state index contributed by atoms with van der Waals surface area (Å²) in [7, 11) is 1.91. The summed E-state index contributed by atoms with van der Waals surface area (Å²) in [6, 6.07) is 0. The van der Waals surface area contributed by atoms with Gasteiger partial charge in [-0.3, -0.25) is 0 Å². The van der Waals surface area contributed by atoms with Crippen LogP contribution in [0.15, 0.2) is 12.4 Å². The zero-order valence-electron chi connectivity index (χ0n) is 12.1. The minimum absolute atomic E-state index is 0.143. The Kier molecular flexibility index (Phi) is 5.82. The van der Waals surface area contributed by atoms with Crippen LogP contribution in [0.25, 0.3) is 0 Å². The maximum atomic E-state index is 9.31. The third-order valence-electron chi connectivity index (χ3n) is 3.59. The minimum atomic E-state index is -0.143. The van der Waals surface area contributed by atoms with Crippen molar-refractivity contribution in [3.8, 4) is 0 Å². The number of aryl methyl sites for hydroxylation is 1. The van der Waals surface area contributed by atoms with Gasteiger partial charge in [0.1, 0.15) is 5.82 Å². The fourth-order valence-corrected chi connectivity index (χ4v) is 2.09. The van der Waals surface area contributed by atoms with E-state index in [0.717, 1.165) is 31.6 Å². The van der Waals surface area contributed by atoms with Gasteiger partial charge in [0, 0.05) is 30.4 Å². The van der Waals surface area contributed by atoms with E-state index in [1.54, 1.807) is 0 Å². The molecule has 0 spiro atoms. The van der Waals surface area contributed by atoms with Crippen LogP contribution < -0.4 is 5.32 Å². The smallest absolute Gasteiger partial charge is 0.111 e. The predicted octanol–water partition coefficient (Wildman–Crippen LogP) is 2.15. The molecular weight excluding hydrogens is 226 g/mol. The molecule has 0 aromatic carbocycles. The van der Waals surface area contributed by atoms with Crippen molar-refractivity contribution in [2.45, 2.75) is 58.0 Å². The summed E-state index contributed by atoms with van der Waals surface area (Å²) in [6.07, 6.45) is 7.14. The van der Waals surface area contributed by atoms with E-state index in [9.17, 15) is 5.11 Å². The number of rotatable bonds is 8. The summed E-state index contributed by atoms with van der Waals surface area (Å²) >= 11 is 0. The molecule has 0 bridgehead atoms. The fourth-order valence-electron chi connectivity index (χ4n) is 2.09. The van der Waals surface area contributed by atoms with Crippen LogP contribution in [0.2, 0.25) is 0 Å². The van der Waals surface area contributed by atoms with Crippen LogP contribution in [-0.4, -0.2) is 33.9 Å². The van der Waals surface area contributed by atoms with Gasteiger partial charge in [-0.05, 0) is 33.2 Å². The summed E-state index contributed by atoms with van der Waals surface area (Å²) in [5.74, 6) is 1.63. The Bertz CT molecular complexity index is 343. The number of nitrogens with zero attached hydrogens (tertiary/aromatic N) is 2. The first-order valence-corrected chi connectivity index (χ1v) is 6.83.